The monoisotopic (exact) mass is 294 g/mol. The highest BCUT2D eigenvalue weighted by molar-refractivity contribution is 8.33. The Morgan fingerprint density at radius 1 is 0.571 bits per heavy atom. The zero-order chi connectivity index (χ0) is 14.7. The normalized spacial score (nSPS) is 12.0. The van der Waals surface area contributed by atoms with Crippen LogP contribution >= 0.6 is 10.0 Å². The van der Waals surface area contributed by atoms with E-state index in [1.165, 1.54) is 14.7 Å². The Kier molecular flexibility index (Phi) is 3.72. The molecule has 1 nitrogen and oxygen atoms in total. The second-order valence-corrected chi connectivity index (χ2v) is 8.29. The van der Waals surface area contributed by atoms with Crippen molar-refractivity contribution in [3.63, 3.8) is 0 Å². The van der Waals surface area contributed by atoms with Crippen molar-refractivity contribution in [3.05, 3.63) is 84.9 Å². The minimum absolute atomic E-state index is 0.307. The van der Waals surface area contributed by atoms with Crippen molar-refractivity contribution in [1.29, 1.82) is 0 Å². The van der Waals surface area contributed by atoms with Crippen LogP contribution in [0.3, 0.4) is 0 Å². The Hall–Kier alpha value is -2.19. The Morgan fingerprint density at radius 2 is 0.952 bits per heavy atom. The molecule has 0 saturated carbocycles. The van der Waals surface area contributed by atoms with Crippen molar-refractivity contribution in [2.75, 3.05) is 6.26 Å². The number of benzene rings is 3. The number of phenolic OH excluding ortho intramolecular Hbond substituents is 1. The predicted molar refractivity (Wildman–Crippen MR) is 89.3 cm³/mol. The van der Waals surface area contributed by atoms with Crippen LogP contribution in [-0.2, 0) is 0 Å². The minimum atomic E-state index is -1.30. The third kappa shape index (κ3) is 2.55. The van der Waals surface area contributed by atoms with Gasteiger partial charge in [-0.1, -0.05) is 36.4 Å². The number of rotatable bonds is 3. The summed E-state index contributed by atoms with van der Waals surface area (Å²) in [6.07, 6.45) is 2.31. The largest absolute Gasteiger partial charge is 0.508 e. The first-order valence-corrected chi connectivity index (χ1v) is 8.93. The lowest BCUT2D eigenvalue weighted by Crippen LogP contribution is -2.01. The number of aromatic hydroxyl groups is 1. The lowest BCUT2D eigenvalue weighted by atomic mass is 10.3. The molecule has 0 bridgehead atoms. The minimum Gasteiger partial charge on any atom is -0.508 e. The van der Waals surface area contributed by atoms with Gasteiger partial charge in [-0.3, -0.25) is 0 Å². The van der Waals surface area contributed by atoms with Gasteiger partial charge in [-0.25, -0.2) is 0 Å². The van der Waals surface area contributed by atoms with Gasteiger partial charge in [0.1, 0.15) is 5.75 Å². The van der Waals surface area contributed by atoms with Gasteiger partial charge < -0.3 is 5.11 Å². The molecule has 1 N–H and O–H groups in total. The molecular weight excluding hydrogens is 276 g/mol. The molecule has 0 saturated heterocycles. The van der Waals surface area contributed by atoms with E-state index in [9.17, 15) is 5.11 Å². The summed E-state index contributed by atoms with van der Waals surface area (Å²) in [6.45, 7) is 0. The van der Waals surface area contributed by atoms with Gasteiger partial charge in [0.15, 0.2) is 0 Å². The van der Waals surface area contributed by atoms with Crippen molar-refractivity contribution >= 4 is 10.0 Å². The van der Waals surface area contributed by atoms with Gasteiger partial charge in [-0.2, -0.15) is 10.0 Å². The highest BCUT2D eigenvalue weighted by atomic mass is 32.3. The smallest absolute Gasteiger partial charge is 0.115 e. The number of hydrogen-bond donors (Lipinski definition) is 1. The molecule has 0 aromatic heterocycles. The molecule has 0 heterocycles. The number of hydrogen-bond acceptors (Lipinski definition) is 1. The molecular formula is C19H18OS. The van der Waals surface area contributed by atoms with E-state index in [4.69, 9.17) is 0 Å². The van der Waals surface area contributed by atoms with Crippen molar-refractivity contribution in [2.45, 2.75) is 14.7 Å². The fraction of sp³-hybridized carbons (Fsp3) is 0.0526. The first-order chi connectivity index (χ1) is 10.2. The standard InChI is InChI=1S/C19H18OS/c1-21(17-8-4-2-5-9-17,18-10-6-3-7-11-18)19-14-12-16(20)13-15-19/h2-15,20H,1H3. The Labute approximate surface area is 127 Å². The van der Waals surface area contributed by atoms with Crippen LogP contribution in [0.1, 0.15) is 0 Å². The average molecular weight is 294 g/mol. The summed E-state index contributed by atoms with van der Waals surface area (Å²) in [4.78, 5) is 3.89. The number of phenols is 1. The highest BCUT2D eigenvalue weighted by Gasteiger charge is 2.25. The topological polar surface area (TPSA) is 20.2 Å². The van der Waals surface area contributed by atoms with Gasteiger partial charge in [-0.15, -0.1) is 0 Å². The van der Waals surface area contributed by atoms with Gasteiger partial charge in [0, 0.05) is 0 Å². The molecule has 106 valence electrons. The molecule has 3 aromatic rings. The van der Waals surface area contributed by atoms with Crippen molar-refractivity contribution in [3.8, 4) is 5.75 Å². The molecule has 2 heteroatoms. The van der Waals surface area contributed by atoms with Crippen molar-refractivity contribution in [1.82, 2.24) is 0 Å². The van der Waals surface area contributed by atoms with Gasteiger partial charge in [-0.05, 0) is 69.5 Å². The van der Waals surface area contributed by atoms with Crippen LogP contribution in [0.4, 0.5) is 0 Å². The molecule has 0 aliphatic carbocycles. The summed E-state index contributed by atoms with van der Waals surface area (Å²) < 4.78 is 0. The van der Waals surface area contributed by atoms with Gasteiger partial charge in [0.05, 0.1) is 0 Å². The van der Waals surface area contributed by atoms with E-state index in [1.807, 2.05) is 24.3 Å². The maximum Gasteiger partial charge on any atom is 0.115 e. The molecule has 0 spiro atoms. The van der Waals surface area contributed by atoms with Crippen molar-refractivity contribution < 1.29 is 5.11 Å². The van der Waals surface area contributed by atoms with Crippen LogP contribution < -0.4 is 0 Å². The third-order valence-corrected chi connectivity index (χ3v) is 7.38. The first-order valence-electron chi connectivity index (χ1n) is 6.89. The molecule has 21 heavy (non-hydrogen) atoms. The van der Waals surface area contributed by atoms with E-state index in [-0.39, 0.29) is 0 Å². The highest BCUT2D eigenvalue weighted by Crippen LogP contribution is 2.65. The second kappa shape index (κ2) is 5.66. The van der Waals surface area contributed by atoms with E-state index in [2.05, 4.69) is 54.8 Å². The fourth-order valence-electron chi connectivity index (χ4n) is 2.51. The summed E-state index contributed by atoms with van der Waals surface area (Å²) in [5.41, 5.74) is 0. The first kappa shape index (κ1) is 13.8. The van der Waals surface area contributed by atoms with Gasteiger partial charge in [0.25, 0.3) is 0 Å². The van der Waals surface area contributed by atoms with Gasteiger partial charge in [0.2, 0.25) is 0 Å². The van der Waals surface area contributed by atoms with E-state index in [1.54, 1.807) is 12.1 Å². The molecule has 3 aromatic carbocycles. The van der Waals surface area contributed by atoms with Crippen LogP contribution in [0, 0.1) is 0 Å². The lowest BCUT2D eigenvalue weighted by Gasteiger charge is -2.37. The predicted octanol–water partition coefficient (Wildman–Crippen LogP) is 5.30. The van der Waals surface area contributed by atoms with E-state index in [0.29, 0.717) is 5.75 Å². The molecule has 0 amide bonds. The van der Waals surface area contributed by atoms with Crippen molar-refractivity contribution in [2.24, 2.45) is 0 Å². The van der Waals surface area contributed by atoms with Gasteiger partial charge >= 0.3 is 0 Å². The molecule has 0 atom stereocenters. The second-order valence-electron chi connectivity index (χ2n) is 5.04. The molecule has 0 aliphatic rings. The molecule has 0 fully saturated rings. The molecule has 0 unspecified atom stereocenters. The molecule has 3 rings (SSSR count). The maximum absolute atomic E-state index is 9.57. The zero-order valence-electron chi connectivity index (χ0n) is 11.9. The Balaban J connectivity index is 2.23. The Bertz CT molecular complexity index is 666. The summed E-state index contributed by atoms with van der Waals surface area (Å²) in [5, 5.41) is 9.57. The summed E-state index contributed by atoms with van der Waals surface area (Å²) in [5.74, 6) is 0.307. The summed E-state index contributed by atoms with van der Waals surface area (Å²) in [7, 11) is -1.30. The van der Waals surface area contributed by atoms with Crippen LogP contribution in [0.2, 0.25) is 0 Å². The molecule has 0 radical (unpaired) electrons. The third-order valence-electron chi connectivity index (χ3n) is 3.74. The van der Waals surface area contributed by atoms with E-state index >= 15 is 0 Å². The lowest BCUT2D eigenvalue weighted by molar-refractivity contribution is 0.475. The van der Waals surface area contributed by atoms with Crippen LogP contribution in [0.25, 0.3) is 0 Å². The average Bonchev–Trinajstić information content (AvgIpc) is 2.56. The summed E-state index contributed by atoms with van der Waals surface area (Å²) in [6, 6.07) is 28.8. The molecule has 0 aliphatic heterocycles. The quantitative estimate of drug-likeness (QED) is 0.694. The zero-order valence-corrected chi connectivity index (χ0v) is 12.8. The summed E-state index contributed by atoms with van der Waals surface area (Å²) >= 11 is 0. The van der Waals surface area contributed by atoms with E-state index < -0.39 is 10.0 Å². The fourth-order valence-corrected chi connectivity index (χ4v) is 5.41. The van der Waals surface area contributed by atoms with Crippen LogP contribution in [-0.4, -0.2) is 11.4 Å². The SMILES string of the molecule is CS(c1ccccc1)(c1ccccc1)c1ccc(O)cc1. The maximum atomic E-state index is 9.57. The Morgan fingerprint density at radius 3 is 1.38 bits per heavy atom. The van der Waals surface area contributed by atoms with Crippen LogP contribution in [0.5, 0.6) is 5.75 Å². The van der Waals surface area contributed by atoms with E-state index in [0.717, 1.165) is 0 Å². The van der Waals surface area contributed by atoms with Crippen LogP contribution in [0.15, 0.2) is 99.6 Å².